The van der Waals surface area contributed by atoms with Crippen LogP contribution < -0.4 is 4.74 Å². The summed E-state index contributed by atoms with van der Waals surface area (Å²) in [6.07, 6.45) is 1.43. The summed E-state index contributed by atoms with van der Waals surface area (Å²) in [5, 5.41) is 9.16. The third kappa shape index (κ3) is 5.12. The van der Waals surface area contributed by atoms with Crippen molar-refractivity contribution in [3.63, 3.8) is 0 Å². The van der Waals surface area contributed by atoms with Crippen molar-refractivity contribution in [3.05, 3.63) is 35.1 Å². The van der Waals surface area contributed by atoms with E-state index in [9.17, 15) is 14.6 Å². The fourth-order valence-corrected chi connectivity index (χ4v) is 3.11. The second-order valence-corrected chi connectivity index (χ2v) is 6.13. The number of esters is 1. The number of carbonyl (C=O) groups is 1. The van der Waals surface area contributed by atoms with Crippen LogP contribution in [0.15, 0.2) is 29.6 Å². The van der Waals surface area contributed by atoms with Crippen LogP contribution in [-0.2, 0) is 18.4 Å². The van der Waals surface area contributed by atoms with Gasteiger partial charge in [-0.1, -0.05) is 12.1 Å². The van der Waals surface area contributed by atoms with Gasteiger partial charge >= 0.3 is 13.6 Å². The van der Waals surface area contributed by atoms with Crippen molar-refractivity contribution in [1.29, 1.82) is 5.26 Å². The van der Waals surface area contributed by atoms with Crippen molar-refractivity contribution in [1.82, 2.24) is 0 Å². The molecule has 1 rings (SSSR count). The Morgan fingerprint density at radius 1 is 1.23 bits per heavy atom. The molecule has 0 radical (unpaired) electrons. The van der Waals surface area contributed by atoms with Crippen LogP contribution in [0.2, 0.25) is 0 Å². The van der Waals surface area contributed by atoms with E-state index >= 15 is 0 Å². The van der Waals surface area contributed by atoms with Crippen molar-refractivity contribution in [3.8, 4) is 11.8 Å². The van der Waals surface area contributed by atoms with Crippen molar-refractivity contribution in [2.45, 2.75) is 20.8 Å². The number of hydrogen-bond donors (Lipinski definition) is 0. The molecule has 0 aliphatic heterocycles. The summed E-state index contributed by atoms with van der Waals surface area (Å²) in [4.78, 5) is 10.9. The first-order valence-corrected chi connectivity index (χ1v) is 8.29. The molecule has 0 fully saturated rings. The van der Waals surface area contributed by atoms with Crippen LogP contribution in [-0.4, -0.2) is 19.2 Å². The smallest absolute Gasteiger partial charge is 0.371 e. The molecule has 1 aromatic carbocycles. The maximum atomic E-state index is 12.6. The lowest BCUT2D eigenvalue weighted by atomic mass is 10.2. The summed E-state index contributed by atoms with van der Waals surface area (Å²) >= 11 is 0. The lowest BCUT2D eigenvalue weighted by molar-refractivity contribution is -0.131. The maximum absolute atomic E-state index is 12.6. The lowest BCUT2D eigenvalue weighted by Gasteiger charge is -2.15. The highest BCUT2D eigenvalue weighted by molar-refractivity contribution is 7.59. The Bertz CT molecular complexity index is 620. The van der Waals surface area contributed by atoms with E-state index in [0.29, 0.717) is 11.3 Å². The first kappa shape index (κ1) is 18.1. The Morgan fingerprint density at radius 3 is 2.18 bits per heavy atom. The minimum atomic E-state index is -3.61. The van der Waals surface area contributed by atoms with Gasteiger partial charge in [-0.15, -0.1) is 0 Å². The van der Waals surface area contributed by atoms with Gasteiger partial charge in [-0.25, -0.2) is 0 Å². The molecule has 0 bridgehead atoms. The Balaban J connectivity index is 3.08. The molecule has 0 aliphatic rings. The monoisotopic (exact) mass is 323 g/mol. The molecule has 0 spiro atoms. The SMILES string of the molecule is CCOP(=O)(OCC)/C(C#N)=C/c1ccc(OC(C)=O)cc1. The second-order valence-electron chi connectivity index (χ2n) is 4.14. The zero-order valence-corrected chi connectivity index (χ0v) is 13.6. The first-order valence-electron chi connectivity index (χ1n) is 6.75. The minimum absolute atomic E-state index is 0.0727. The highest BCUT2D eigenvalue weighted by atomic mass is 31.2. The van der Waals surface area contributed by atoms with Gasteiger partial charge in [0.2, 0.25) is 0 Å². The van der Waals surface area contributed by atoms with E-state index < -0.39 is 13.6 Å². The molecule has 22 heavy (non-hydrogen) atoms. The highest BCUT2D eigenvalue weighted by Gasteiger charge is 2.29. The Kier molecular flexibility index (Phi) is 7.00. The molecule has 6 nitrogen and oxygen atoms in total. The van der Waals surface area contributed by atoms with Gasteiger partial charge in [0, 0.05) is 6.92 Å². The fourth-order valence-electron chi connectivity index (χ4n) is 1.64. The molecule has 0 N–H and O–H groups in total. The quantitative estimate of drug-likeness (QED) is 0.329. The summed E-state index contributed by atoms with van der Waals surface area (Å²) in [5.41, 5.74) is 0.618. The van der Waals surface area contributed by atoms with Gasteiger partial charge in [0.25, 0.3) is 0 Å². The number of benzene rings is 1. The molecule has 1 aromatic rings. The zero-order chi connectivity index (χ0) is 16.6. The van der Waals surface area contributed by atoms with E-state index in [1.165, 1.54) is 13.0 Å². The summed E-state index contributed by atoms with van der Waals surface area (Å²) in [5.74, 6) is -0.0286. The van der Waals surface area contributed by atoms with Crippen molar-refractivity contribution in [2.24, 2.45) is 0 Å². The van der Waals surface area contributed by atoms with E-state index in [1.54, 1.807) is 38.1 Å². The fraction of sp³-hybridized carbons (Fsp3) is 0.333. The molecular weight excluding hydrogens is 305 g/mol. The van der Waals surface area contributed by atoms with Gasteiger partial charge in [-0.2, -0.15) is 5.26 Å². The number of carbonyl (C=O) groups excluding carboxylic acids is 1. The van der Waals surface area contributed by atoms with Gasteiger partial charge in [0.1, 0.15) is 17.1 Å². The molecule has 0 aromatic heterocycles. The molecular formula is C15H18NO5P. The zero-order valence-electron chi connectivity index (χ0n) is 12.7. The molecule has 0 saturated heterocycles. The van der Waals surface area contributed by atoms with Crippen LogP contribution in [0.3, 0.4) is 0 Å². The van der Waals surface area contributed by atoms with Crippen LogP contribution in [0.5, 0.6) is 5.75 Å². The maximum Gasteiger partial charge on any atom is 0.371 e. The second kappa shape index (κ2) is 8.50. The van der Waals surface area contributed by atoms with E-state index in [1.807, 2.05) is 6.07 Å². The largest absolute Gasteiger partial charge is 0.427 e. The van der Waals surface area contributed by atoms with E-state index in [-0.39, 0.29) is 18.5 Å². The molecule has 0 atom stereocenters. The number of nitrogens with zero attached hydrogens (tertiary/aromatic N) is 1. The van der Waals surface area contributed by atoms with Crippen LogP contribution in [0, 0.1) is 11.3 Å². The Morgan fingerprint density at radius 2 is 1.77 bits per heavy atom. The predicted molar refractivity (Wildman–Crippen MR) is 82.2 cm³/mol. The molecule has 0 amide bonds. The van der Waals surface area contributed by atoms with Gasteiger partial charge in [-0.3, -0.25) is 9.36 Å². The van der Waals surface area contributed by atoms with Crippen LogP contribution >= 0.6 is 7.60 Å². The Hall–Kier alpha value is -1.93. The summed E-state index contributed by atoms with van der Waals surface area (Å²) < 4.78 is 27.8. The first-order chi connectivity index (χ1) is 10.4. The van der Waals surface area contributed by atoms with Gasteiger partial charge in [0.15, 0.2) is 0 Å². The van der Waals surface area contributed by atoms with Crippen molar-refractivity contribution in [2.75, 3.05) is 13.2 Å². The lowest BCUT2D eigenvalue weighted by Crippen LogP contribution is -2.01. The standard InChI is InChI=1S/C15H18NO5P/c1-4-19-22(18,20-5-2)15(11-16)10-13-6-8-14(9-7-13)21-12(3)17/h6-10H,4-5H2,1-3H3/b15-10+. The predicted octanol–water partition coefficient (Wildman–Crippen LogP) is 3.74. The average Bonchev–Trinajstić information content (AvgIpc) is 2.46. The van der Waals surface area contributed by atoms with Crippen LogP contribution in [0.25, 0.3) is 6.08 Å². The van der Waals surface area contributed by atoms with Crippen LogP contribution in [0.4, 0.5) is 0 Å². The molecule has 0 aliphatic carbocycles. The normalized spacial score (nSPS) is 11.8. The molecule has 118 valence electrons. The van der Waals surface area contributed by atoms with Gasteiger partial charge in [0.05, 0.1) is 13.2 Å². The summed E-state index contributed by atoms with van der Waals surface area (Å²) in [7, 11) is -3.61. The van der Waals surface area contributed by atoms with Gasteiger partial charge in [-0.05, 0) is 37.6 Å². The van der Waals surface area contributed by atoms with E-state index in [0.717, 1.165) is 0 Å². The molecule has 0 heterocycles. The van der Waals surface area contributed by atoms with Crippen molar-refractivity contribution < 1.29 is 23.1 Å². The van der Waals surface area contributed by atoms with E-state index in [4.69, 9.17) is 13.8 Å². The number of rotatable bonds is 7. The van der Waals surface area contributed by atoms with Crippen molar-refractivity contribution >= 4 is 19.6 Å². The Labute approximate surface area is 129 Å². The van der Waals surface area contributed by atoms with Crippen LogP contribution in [0.1, 0.15) is 26.3 Å². The summed E-state index contributed by atoms with van der Waals surface area (Å²) in [6.45, 7) is 4.99. The minimum Gasteiger partial charge on any atom is -0.427 e. The summed E-state index contributed by atoms with van der Waals surface area (Å²) in [6, 6.07) is 8.30. The third-order valence-electron chi connectivity index (χ3n) is 2.45. The number of hydrogen-bond acceptors (Lipinski definition) is 6. The average molecular weight is 323 g/mol. The number of nitriles is 1. The topological polar surface area (TPSA) is 85.6 Å². The highest BCUT2D eigenvalue weighted by Crippen LogP contribution is 2.56. The number of allylic oxidation sites excluding steroid dienone is 1. The van der Waals surface area contributed by atoms with E-state index in [2.05, 4.69) is 0 Å². The molecule has 7 heteroatoms. The third-order valence-corrected chi connectivity index (χ3v) is 4.47. The number of ether oxygens (including phenoxy) is 1. The van der Waals surface area contributed by atoms with Gasteiger partial charge < -0.3 is 13.8 Å². The molecule has 0 unspecified atom stereocenters. The molecule has 0 saturated carbocycles.